The average Bonchev–Trinajstić information content (AvgIpc) is 2.40. The Kier molecular flexibility index (Phi) is 5.41. The topological polar surface area (TPSA) is 37.3 Å². The molecule has 5 heteroatoms. The van der Waals surface area contributed by atoms with E-state index >= 15 is 0 Å². The van der Waals surface area contributed by atoms with Crippen LogP contribution in [0, 0.1) is 11.6 Å². The van der Waals surface area contributed by atoms with Crippen molar-refractivity contribution >= 4 is 24.3 Å². The van der Waals surface area contributed by atoms with Gasteiger partial charge in [0.1, 0.15) is 17.4 Å². The van der Waals surface area contributed by atoms with Crippen molar-refractivity contribution in [3.8, 4) is 5.75 Å². The molecule has 2 nitrogen and oxygen atoms in total. The van der Waals surface area contributed by atoms with Crippen LogP contribution in [0.25, 0.3) is 6.08 Å². The van der Waals surface area contributed by atoms with Gasteiger partial charge in [0.2, 0.25) is 0 Å². The largest absolute Gasteiger partial charge is 0.507 e. The molecule has 2 aromatic rings. The monoisotopic (exact) mass is 296 g/mol. The number of halogens is 3. The van der Waals surface area contributed by atoms with Gasteiger partial charge in [-0.2, -0.15) is 0 Å². The Morgan fingerprint density at radius 1 is 1.00 bits per heavy atom. The third kappa shape index (κ3) is 3.90. The van der Waals surface area contributed by atoms with Crippen LogP contribution in [0.15, 0.2) is 48.5 Å². The summed E-state index contributed by atoms with van der Waals surface area (Å²) >= 11 is 0. The fraction of sp³-hybridized carbons (Fsp3) is 0. The first-order valence-corrected chi connectivity index (χ1v) is 5.53. The van der Waals surface area contributed by atoms with Gasteiger partial charge in [0, 0.05) is 0 Å². The molecule has 0 amide bonds. The normalized spacial score (nSPS) is 10.3. The molecule has 20 heavy (non-hydrogen) atoms. The molecular formula is C15H11ClF2O2. The molecule has 0 atom stereocenters. The molecule has 0 aliphatic heterocycles. The second kappa shape index (κ2) is 6.82. The lowest BCUT2D eigenvalue weighted by atomic mass is 10.1. The van der Waals surface area contributed by atoms with E-state index in [2.05, 4.69) is 0 Å². The first-order chi connectivity index (χ1) is 9.06. The van der Waals surface area contributed by atoms with E-state index in [1.165, 1.54) is 36.4 Å². The summed E-state index contributed by atoms with van der Waals surface area (Å²) in [4.78, 5) is 11.8. The van der Waals surface area contributed by atoms with E-state index in [-0.39, 0.29) is 29.5 Å². The highest BCUT2D eigenvalue weighted by Gasteiger charge is 2.09. The number of ketones is 1. The molecule has 0 aromatic heterocycles. The Hall–Kier alpha value is -2.20. The molecule has 0 bridgehead atoms. The molecule has 0 unspecified atom stereocenters. The van der Waals surface area contributed by atoms with Crippen molar-refractivity contribution in [2.75, 3.05) is 0 Å². The van der Waals surface area contributed by atoms with Crippen LogP contribution in [0.3, 0.4) is 0 Å². The summed E-state index contributed by atoms with van der Waals surface area (Å²) in [7, 11) is 0. The van der Waals surface area contributed by atoms with E-state index in [1.807, 2.05) is 0 Å². The summed E-state index contributed by atoms with van der Waals surface area (Å²) in [6.07, 6.45) is 2.66. The number of hydrogen-bond acceptors (Lipinski definition) is 2. The van der Waals surface area contributed by atoms with Gasteiger partial charge < -0.3 is 5.11 Å². The van der Waals surface area contributed by atoms with Crippen LogP contribution in [-0.2, 0) is 0 Å². The predicted octanol–water partition coefficient (Wildman–Crippen LogP) is 3.99. The van der Waals surface area contributed by atoms with Gasteiger partial charge in [-0.1, -0.05) is 18.2 Å². The zero-order valence-corrected chi connectivity index (χ0v) is 11.0. The first-order valence-electron chi connectivity index (χ1n) is 5.53. The highest BCUT2D eigenvalue weighted by Crippen LogP contribution is 2.19. The zero-order valence-electron chi connectivity index (χ0n) is 10.2. The lowest BCUT2D eigenvalue weighted by molar-refractivity contribution is 0.104. The summed E-state index contributed by atoms with van der Waals surface area (Å²) in [5.74, 6) is -1.78. The Balaban J connectivity index is 0.00000200. The minimum Gasteiger partial charge on any atom is -0.507 e. The van der Waals surface area contributed by atoms with Gasteiger partial charge in [-0.05, 0) is 42.0 Å². The molecule has 0 saturated carbocycles. The molecule has 0 heterocycles. The molecule has 0 aliphatic carbocycles. The van der Waals surface area contributed by atoms with Crippen LogP contribution >= 0.6 is 12.4 Å². The fourth-order valence-corrected chi connectivity index (χ4v) is 1.54. The van der Waals surface area contributed by atoms with Crippen LogP contribution in [-0.4, -0.2) is 10.9 Å². The van der Waals surface area contributed by atoms with Gasteiger partial charge in [-0.3, -0.25) is 4.79 Å². The van der Waals surface area contributed by atoms with E-state index in [0.717, 1.165) is 18.2 Å². The van der Waals surface area contributed by atoms with E-state index in [9.17, 15) is 18.7 Å². The smallest absolute Gasteiger partial charge is 0.189 e. The van der Waals surface area contributed by atoms with Crippen LogP contribution < -0.4 is 0 Å². The average molecular weight is 297 g/mol. The lowest BCUT2D eigenvalue weighted by Gasteiger charge is -2.00. The van der Waals surface area contributed by atoms with Gasteiger partial charge in [-0.15, -0.1) is 12.4 Å². The maximum atomic E-state index is 13.0. The minimum absolute atomic E-state index is 0. The van der Waals surface area contributed by atoms with Crippen molar-refractivity contribution in [2.45, 2.75) is 0 Å². The summed E-state index contributed by atoms with van der Waals surface area (Å²) in [6.45, 7) is 0. The highest BCUT2D eigenvalue weighted by atomic mass is 35.5. The second-order valence-electron chi connectivity index (χ2n) is 3.91. The van der Waals surface area contributed by atoms with Crippen molar-refractivity contribution in [1.29, 1.82) is 0 Å². The van der Waals surface area contributed by atoms with E-state index in [1.54, 1.807) is 0 Å². The molecule has 0 aliphatic rings. The van der Waals surface area contributed by atoms with Crippen molar-refractivity contribution in [3.05, 3.63) is 71.3 Å². The first kappa shape index (κ1) is 15.9. The third-order valence-corrected chi connectivity index (χ3v) is 2.52. The maximum Gasteiger partial charge on any atom is 0.189 e. The Morgan fingerprint density at radius 3 is 2.25 bits per heavy atom. The van der Waals surface area contributed by atoms with Crippen LogP contribution in [0.5, 0.6) is 5.75 Å². The third-order valence-electron chi connectivity index (χ3n) is 2.52. The molecule has 0 spiro atoms. The van der Waals surface area contributed by atoms with Gasteiger partial charge in [0.05, 0.1) is 5.56 Å². The van der Waals surface area contributed by atoms with E-state index in [4.69, 9.17) is 0 Å². The van der Waals surface area contributed by atoms with Gasteiger partial charge in [0.15, 0.2) is 5.78 Å². The van der Waals surface area contributed by atoms with Crippen molar-refractivity contribution in [1.82, 2.24) is 0 Å². The molecule has 0 radical (unpaired) electrons. The van der Waals surface area contributed by atoms with Gasteiger partial charge >= 0.3 is 0 Å². The number of phenols is 1. The Morgan fingerprint density at radius 2 is 1.60 bits per heavy atom. The fourth-order valence-electron chi connectivity index (χ4n) is 1.54. The molecule has 1 N–H and O–H groups in total. The summed E-state index contributed by atoms with van der Waals surface area (Å²) in [5, 5.41) is 9.47. The quantitative estimate of drug-likeness (QED) is 0.687. The molecule has 104 valence electrons. The van der Waals surface area contributed by atoms with Crippen molar-refractivity contribution in [3.63, 3.8) is 0 Å². The predicted molar refractivity (Wildman–Crippen MR) is 75.1 cm³/mol. The van der Waals surface area contributed by atoms with E-state index in [0.29, 0.717) is 5.56 Å². The number of aromatic hydroxyl groups is 1. The molecular weight excluding hydrogens is 286 g/mol. The zero-order chi connectivity index (χ0) is 13.8. The number of benzene rings is 2. The van der Waals surface area contributed by atoms with Crippen molar-refractivity contribution < 1.29 is 18.7 Å². The summed E-state index contributed by atoms with van der Waals surface area (Å²) in [5.41, 5.74) is 0.518. The van der Waals surface area contributed by atoms with Gasteiger partial charge in [-0.25, -0.2) is 8.78 Å². The number of phenolic OH excluding ortho intramolecular Hbond substituents is 1. The minimum atomic E-state index is -0.601. The van der Waals surface area contributed by atoms with Gasteiger partial charge in [0.25, 0.3) is 0 Å². The summed E-state index contributed by atoms with van der Waals surface area (Å²) < 4.78 is 25.7. The summed E-state index contributed by atoms with van der Waals surface area (Å²) in [6, 6.07) is 8.69. The number of allylic oxidation sites excluding steroid dienone is 1. The Bertz CT molecular complexity index is 637. The number of carbonyl (C=O) groups is 1. The second-order valence-corrected chi connectivity index (χ2v) is 3.91. The number of carbonyl (C=O) groups excluding carboxylic acids is 1. The maximum absolute atomic E-state index is 13.0. The molecule has 2 rings (SSSR count). The SMILES string of the molecule is Cl.O=C(/C=C/c1ccc(F)cc1)c1cc(F)ccc1O. The van der Waals surface area contributed by atoms with E-state index < -0.39 is 11.6 Å². The lowest BCUT2D eigenvalue weighted by Crippen LogP contribution is -1.95. The standard InChI is InChI=1S/C15H10F2O2.ClH/c16-11-4-1-10(2-5-11)3-7-14(18)13-9-12(17)6-8-15(13)19;/h1-9,19H;1H/b7-3+;. The van der Waals surface area contributed by atoms with Crippen molar-refractivity contribution in [2.24, 2.45) is 0 Å². The number of rotatable bonds is 3. The molecule has 0 fully saturated rings. The highest BCUT2D eigenvalue weighted by molar-refractivity contribution is 6.08. The molecule has 2 aromatic carbocycles. The Labute approximate surface area is 120 Å². The van der Waals surface area contributed by atoms with Crippen LogP contribution in [0.4, 0.5) is 8.78 Å². The number of hydrogen-bond donors (Lipinski definition) is 1. The molecule has 0 saturated heterocycles. The van der Waals surface area contributed by atoms with Crippen LogP contribution in [0.1, 0.15) is 15.9 Å². The van der Waals surface area contributed by atoms with Crippen LogP contribution in [0.2, 0.25) is 0 Å².